The van der Waals surface area contributed by atoms with Gasteiger partial charge in [-0.15, -0.1) is 0 Å². The minimum atomic E-state index is -0.0404. The average Bonchev–Trinajstić information content (AvgIpc) is 2.55. The van der Waals surface area contributed by atoms with Crippen LogP contribution in [0, 0.1) is 0 Å². The predicted octanol–water partition coefficient (Wildman–Crippen LogP) is 5.54. The maximum atomic E-state index is 9.61. The van der Waals surface area contributed by atoms with Gasteiger partial charge >= 0.3 is 0 Å². The molecule has 22 heavy (non-hydrogen) atoms. The molecule has 0 unspecified atom stereocenters. The molecule has 0 radical (unpaired) electrons. The molecule has 1 N–H and O–H groups in total. The lowest BCUT2D eigenvalue weighted by Gasteiger charge is -2.29. The summed E-state index contributed by atoms with van der Waals surface area (Å²) in [5.74, 6) is 0. The highest BCUT2D eigenvalue weighted by Gasteiger charge is 2.22. The van der Waals surface area contributed by atoms with E-state index in [1.54, 1.807) is 11.1 Å². The quantitative estimate of drug-likeness (QED) is 0.471. The van der Waals surface area contributed by atoms with Crippen molar-refractivity contribution in [3.63, 3.8) is 0 Å². The summed E-state index contributed by atoms with van der Waals surface area (Å²) in [7, 11) is 0. The van der Waals surface area contributed by atoms with Gasteiger partial charge in [-0.25, -0.2) is 0 Å². The minimum Gasteiger partial charge on any atom is -0.393 e. The summed E-state index contributed by atoms with van der Waals surface area (Å²) >= 11 is 0. The second-order valence-electron chi connectivity index (χ2n) is 7.28. The third-order valence-corrected chi connectivity index (χ3v) is 5.45. The summed E-state index contributed by atoms with van der Waals surface area (Å²) in [6, 6.07) is 0. The van der Waals surface area contributed by atoms with Crippen molar-refractivity contribution in [2.45, 2.75) is 109 Å². The van der Waals surface area contributed by atoms with Gasteiger partial charge in [-0.3, -0.25) is 0 Å². The lowest BCUT2D eigenvalue weighted by atomic mass is 9.82. The number of ether oxygens (including phenoxy) is 1. The van der Waals surface area contributed by atoms with Gasteiger partial charge in [0.2, 0.25) is 0 Å². The van der Waals surface area contributed by atoms with E-state index in [2.05, 4.69) is 6.92 Å². The zero-order valence-corrected chi connectivity index (χ0v) is 14.6. The van der Waals surface area contributed by atoms with Gasteiger partial charge in [-0.05, 0) is 57.8 Å². The van der Waals surface area contributed by atoms with Crippen LogP contribution in [-0.2, 0) is 4.74 Å². The fraction of sp³-hybridized carbons (Fsp3) is 0.900. The molecule has 0 amide bonds. The number of allylic oxidation sites excluding steroid dienone is 2. The Morgan fingerprint density at radius 3 is 2.00 bits per heavy atom. The van der Waals surface area contributed by atoms with E-state index in [9.17, 15) is 5.11 Å². The number of aliphatic hydroxyl groups is 1. The third-order valence-electron chi connectivity index (χ3n) is 5.45. The smallest absolute Gasteiger partial charge is 0.0581 e. The Kier molecular flexibility index (Phi) is 8.54. The fourth-order valence-corrected chi connectivity index (χ4v) is 3.90. The molecule has 2 saturated carbocycles. The highest BCUT2D eigenvalue weighted by molar-refractivity contribution is 5.18. The van der Waals surface area contributed by atoms with Crippen LogP contribution in [0.15, 0.2) is 11.1 Å². The number of rotatable bonds is 8. The topological polar surface area (TPSA) is 29.5 Å². The van der Waals surface area contributed by atoms with Gasteiger partial charge in [0.1, 0.15) is 0 Å². The van der Waals surface area contributed by atoms with Crippen LogP contribution >= 0.6 is 0 Å². The van der Waals surface area contributed by atoms with Crippen molar-refractivity contribution in [3.05, 3.63) is 11.1 Å². The Balaban J connectivity index is 1.55. The molecule has 2 aliphatic rings. The van der Waals surface area contributed by atoms with Crippen molar-refractivity contribution in [3.8, 4) is 0 Å². The molecule has 0 saturated heterocycles. The first kappa shape index (κ1) is 18.0. The Hall–Kier alpha value is -0.340. The molecule has 2 fully saturated rings. The van der Waals surface area contributed by atoms with Gasteiger partial charge in [0.25, 0.3) is 0 Å². The normalized spacial score (nSPS) is 26.5. The van der Waals surface area contributed by atoms with E-state index < -0.39 is 0 Å². The summed E-state index contributed by atoms with van der Waals surface area (Å²) < 4.78 is 6.08. The van der Waals surface area contributed by atoms with Crippen LogP contribution < -0.4 is 0 Å². The zero-order valence-electron chi connectivity index (χ0n) is 14.6. The van der Waals surface area contributed by atoms with Crippen LogP contribution in [0.2, 0.25) is 0 Å². The van der Waals surface area contributed by atoms with E-state index in [0.717, 1.165) is 32.3 Å². The van der Waals surface area contributed by atoms with Crippen molar-refractivity contribution < 1.29 is 9.84 Å². The summed E-state index contributed by atoms with van der Waals surface area (Å²) in [6.07, 6.45) is 17.7. The van der Waals surface area contributed by atoms with Crippen molar-refractivity contribution >= 4 is 0 Å². The van der Waals surface area contributed by atoms with Crippen LogP contribution in [0.25, 0.3) is 0 Å². The molecule has 0 aromatic rings. The fourth-order valence-electron chi connectivity index (χ4n) is 3.90. The molecular formula is C20H36O2. The summed E-state index contributed by atoms with van der Waals surface area (Å²) in [4.78, 5) is 0. The summed E-state index contributed by atoms with van der Waals surface area (Å²) in [6.45, 7) is 3.24. The highest BCUT2D eigenvalue weighted by atomic mass is 16.5. The SMILES string of the molecule is CCCCCCCCOC1CCC(=C2CCC(O)CC2)CC1. The van der Waals surface area contributed by atoms with Gasteiger partial charge in [-0.2, -0.15) is 0 Å². The number of hydrogen-bond acceptors (Lipinski definition) is 2. The molecule has 2 aliphatic carbocycles. The molecule has 0 aromatic heterocycles. The first-order valence-electron chi connectivity index (χ1n) is 9.79. The molecule has 0 heterocycles. The lowest BCUT2D eigenvalue weighted by molar-refractivity contribution is 0.0328. The average molecular weight is 309 g/mol. The second kappa shape index (κ2) is 10.4. The van der Waals surface area contributed by atoms with Crippen molar-refractivity contribution in [2.75, 3.05) is 6.61 Å². The summed E-state index contributed by atoms with van der Waals surface area (Å²) in [5.41, 5.74) is 3.37. The van der Waals surface area contributed by atoms with Gasteiger partial charge in [0.15, 0.2) is 0 Å². The molecule has 0 aliphatic heterocycles. The van der Waals surface area contributed by atoms with E-state index in [4.69, 9.17) is 4.74 Å². The molecule has 0 aromatic carbocycles. The largest absolute Gasteiger partial charge is 0.393 e. The molecule has 2 nitrogen and oxygen atoms in total. The minimum absolute atomic E-state index is 0.0404. The number of hydrogen-bond donors (Lipinski definition) is 1. The molecule has 128 valence electrons. The van der Waals surface area contributed by atoms with Crippen LogP contribution in [0.3, 0.4) is 0 Å². The Morgan fingerprint density at radius 1 is 0.818 bits per heavy atom. The van der Waals surface area contributed by atoms with E-state index in [1.807, 2.05) is 0 Å². The molecule has 2 heteroatoms. The molecule has 2 rings (SSSR count). The second-order valence-corrected chi connectivity index (χ2v) is 7.28. The first-order valence-corrected chi connectivity index (χ1v) is 9.79. The predicted molar refractivity (Wildman–Crippen MR) is 93.1 cm³/mol. The van der Waals surface area contributed by atoms with E-state index >= 15 is 0 Å². The van der Waals surface area contributed by atoms with Crippen molar-refractivity contribution in [1.82, 2.24) is 0 Å². The third kappa shape index (κ3) is 6.42. The Bertz CT molecular complexity index is 315. The van der Waals surface area contributed by atoms with Gasteiger partial charge in [0, 0.05) is 6.61 Å². The monoisotopic (exact) mass is 308 g/mol. The van der Waals surface area contributed by atoms with Crippen LogP contribution in [0.5, 0.6) is 0 Å². The number of aliphatic hydroxyl groups excluding tert-OH is 1. The van der Waals surface area contributed by atoms with Crippen molar-refractivity contribution in [2.24, 2.45) is 0 Å². The van der Waals surface area contributed by atoms with Crippen LogP contribution in [0.1, 0.15) is 96.8 Å². The molecular weight excluding hydrogens is 272 g/mol. The summed E-state index contributed by atoms with van der Waals surface area (Å²) in [5, 5.41) is 9.61. The van der Waals surface area contributed by atoms with E-state index in [0.29, 0.717) is 6.10 Å². The van der Waals surface area contributed by atoms with Gasteiger partial charge in [0.05, 0.1) is 12.2 Å². The number of unbranched alkanes of at least 4 members (excludes halogenated alkanes) is 5. The highest BCUT2D eigenvalue weighted by Crippen LogP contribution is 2.34. The van der Waals surface area contributed by atoms with Gasteiger partial charge in [-0.1, -0.05) is 50.2 Å². The molecule has 0 bridgehead atoms. The Morgan fingerprint density at radius 2 is 1.36 bits per heavy atom. The van der Waals surface area contributed by atoms with E-state index in [1.165, 1.54) is 64.2 Å². The maximum absolute atomic E-state index is 9.61. The van der Waals surface area contributed by atoms with Crippen LogP contribution in [0.4, 0.5) is 0 Å². The maximum Gasteiger partial charge on any atom is 0.0581 e. The standard InChI is InChI=1S/C20H36O2/c1-2-3-4-5-6-7-16-22-20-14-10-18(11-15-20)17-8-12-19(21)13-9-17/h19-21H,2-16H2,1H3. The van der Waals surface area contributed by atoms with Gasteiger partial charge < -0.3 is 9.84 Å². The first-order chi connectivity index (χ1) is 10.8. The van der Waals surface area contributed by atoms with Crippen LogP contribution in [-0.4, -0.2) is 23.9 Å². The lowest BCUT2D eigenvalue weighted by Crippen LogP contribution is -2.20. The zero-order chi connectivity index (χ0) is 15.6. The Labute approximate surface area is 137 Å². The molecule has 0 spiro atoms. The molecule has 0 atom stereocenters. The van der Waals surface area contributed by atoms with E-state index in [-0.39, 0.29) is 6.10 Å². The van der Waals surface area contributed by atoms with Crippen molar-refractivity contribution in [1.29, 1.82) is 0 Å².